The highest BCUT2D eigenvalue weighted by molar-refractivity contribution is 6.28. The summed E-state index contributed by atoms with van der Waals surface area (Å²) in [7, 11) is 0. The molecule has 4 heteroatoms. The van der Waals surface area contributed by atoms with Crippen molar-refractivity contribution in [2.75, 3.05) is 0 Å². The fourth-order valence-electron chi connectivity index (χ4n) is 1.38. The number of aromatic nitrogens is 2. The highest BCUT2D eigenvalue weighted by atomic mass is 35.5. The van der Waals surface area contributed by atoms with Crippen LogP contribution in [-0.4, -0.2) is 9.97 Å². The van der Waals surface area contributed by atoms with Crippen molar-refractivity contribution < 1.29 is 4.39 Å². The Kier molecular flexibility index (Phi) is 2.64. The molecule has 0 N–H and O–H groups in total. The molecule has 2 aromatic rings. The smallest absolute Gasteiger partial charge is 0.222 e. The highest BCUT2D eigenvalue weighted by Crippen LogP contribution is 2.22. The molecule has 0 aliphatic carbocycles. The van der Waals surface area contributed by atoms with Gasteiger partial charge in [0.25, 0.3) is 0 Å². The molecule has 0 fully saturated rings. The third kappa shape index (κ3) is 2.13. The van der Waals surface area contributed by atoms with E-state index in [9.17, 15) is 4.39 Å². The Morgan fingerprint density at radius 3 is 2.80 bits per heavy atom. The quantitative estimate of drug-likeness (QED) is 0.693. The molecule has 0 unspecified atom stereocenters. The van der Waals surface area contributed by atoms with Crippen LogP contribution < -0.4 is 0 Å². The van der Waals surface area contributed by atoms with Crippen LogP contribution >= 0.6 is 11.6 Å². The maximum atomic E-state index is 13.0. The van der Waals surface area contributed by atoms with Gasteiger partial charge in [-0.05, 0) is 36.2 Å². The molecule has 0 atom stereocenters. The Labute approximate surface area is 91.8 Å². The first-order valence-electron chi connectivity index (χ1n) is 4.42. The van der Waals surface area contributed by atoms with Crippen LogP contribution in [0.4, 0.5) is 4.39 Å². The predicted octanol–water partition coefficient (Wildman–Crippen LogP) is 3.24. The first-order valence-corrected chi connectivity index (χ1v) is 4.79. The monoisotopic (exact) mass is 222 g/mol. The summed E-state index contributed by atoms with van der Waals surface area (Å²) < 4.78 is 13.0. The molecule has 0 aliphatic rings. The van der Waals surface area contributed by atoms with Gasteiger partial charge in [-0.25, -0.2) is 14.4 Å². The Morgan fingerprint density at radius 2 is 2.13 bits per heavy atom. The molecule has 1 aromatic carbocycles. The molecule has 0 amide bonds. The highest BCUT2D eigenvalue weighted by Gasteiger charge is 2.05. The van der Waals surface area contributed by atoms with Crippen molar-refractivity contribution in [2.24, 2.45) is 0 Å². The van der Waals surface area contributed by atoms with Gasteiger partial charge in [-0.15, -0.1) is 0 Å². The third-order valence-corrected chi connectivity index (χ3v) is 2.27. The van der Waals surface area contributed by atoms with Crippen molar-refractivity contribution in [3.05, 3.63) is 47.3 Å². The lowest BCUT2D eigenvalue weighted by Crippen LogP contribution is -1.91. The Hall–Kier alpha value is -1.48. The summed E-state index contributed by atoms with van der Waals surface area (Å²) in [5.74, 6) is -0.276. The first kappa shape index (κ1) is 10.1. The van der Waals surface area contributed by atoms with Gasteiger partial charge < -0.3 is 0 Å². The minimum Gasteiger partial charge on any atom is -0.226 e. The van der Waals surface area contributed by atoms with Gasteiger partial charge in [0.1, 0.15) is 5.82 Å². The fraction of sp³-hybridized carbons (Fsp3) is 0.0909. The molecule has 1 aromatic heterocycles. The minimum absolute atomic E-state index is 0.202. The molecule has 2 rings (SSSR count). The van der Waals surface area contributed by atoms with E-state index in [4.69, 9.17) is 11.6 Å². The summed E-state index contributed by atoms with van der Waals surface area (Å²) in [6.45, 7) is 1.81. The van der Waals surface area contributed by atoms with Gasteiger partial charge in [0.15, 0.2) is 0 Å². The number of benzene rings is 1. The van der Waals surface area contributed by atoms with Crippen LogP contribution in [0.5, 0.6) is 0 Å². The number of aryl methyl sites for hydroxylation is 1. The van der Waals surface area contributed by atoms with Gasteiger partial charge in [0.05, 0.1) is 5.69 Å². The third-order valence-electron chi connectivity index (χ3n) is 2.09. The van der Waals surface area contributed by atoms with Gasteiger partial charge >= 0.3 is 0 Å². The van der Waals surface area contributed by atoms with Crippen molar-refractivity contribution in [1.29, 1.82) is 0 Å². The second-order valence-electron chi connectivity index (χ2n) is 3.15. The zero-order chi connectivity index (χ0) is 10.8. The summed E-state index contributed by atoms with van der Waals surface area (Å²) in [4.78, 5) is 7.89. The topological polar surface area (TPSA) is 25.8 Å². The van der Waals surface area contributed by atoms with Gasteiger partial charge in [-0.2, -0.15) is 0 Å². The molecule has 15 heavy (non-hydrogen) atoms. The molecule has 0 saturated carbocycles. The van der Waals surface area contributed by atoms with E-state index in [1.807, 2.05) is 13.0 Å². The standard InChI is InChI=1S/C11H8ClFN2/c1-7-10(6-14-11(12)15-7)8-3-2-4-9(13)5-8/h2-6H,1H3. The van der Waals surface area contributed by atoms with Gasteiger partial charge in [-0.3, -0.25) is 0 Å². The van der Waals surface area contributed by atoms with E-state index in [0.29, 0.717) is 0 Å². The van der Waals surface area contributed by atoms with E-state index in [1.54, 1.807) is 12.3 Å². The lowest BCUT2D eigenvalue weighted by Gasteiger charge is -2.04. The lowest BCUT2D eigenvalue weighted by molar-refractivity contribution is 0.628. The van der Waals surface area contributed by atoms with Crippen LogP contribution in [0.25, 0.3) is 11.1 Å². The number of hydrogen-bond acceptors (Lipinski definition) is 2. The van der Waals surface area contributed by atoms with E-state index < -0.39 is 0 Å². The van der Waals surface area contributed by atoms with Crippen LogP contribution in [0.15, 0.2) is 30.5 Å². The summed E-state index contributed by atoms with van der Waals surface area (Å²) in [5.41, 5.74) is 2.28. The molecule has 0 spiro atoms. The van der Waals surface area contributed by atoms with Gasteiger partial charge in [0.2, 0.25) is 5.28 Å². The number of halogens is 2. The summed E-state index contributed by atoms with van der Waals surface area (Å²) in [6, 6.07) is 6.30. The minimum atomic E-state index is -0.276. The number of hydrogen-bond donors (Lipinski definition) is 0. The van der Waals surface area contributed by atoms with Crippen LogP contribution in [0.3, 0.4) is 0 Å². The molecular weight excluding hydrogens is 215 g/mol. The second kappa shape index (κ2) is 3.95. The second-order valence-corrected chi connectivity index (χ2v) is 3.49. The van der Waals surface area contributed by atoms with Crippen LogP contribution in [0.1, 0.15) is 5.69 Å². The van der Waals surface area contributed by atoms with Crippen molar-refractivity contribution in [2.45, 2.75) is 6.92 Å². The van der Waals surface area contributed by atoms with E-state index in [-0.39, 0.29) is 11.1 Å². The van der Waals surface area contributed by atoms with Crippen molar-refractivity contribution in [3.63, 3.8) is 0 Å². The summed E-state index contributed by atoms with van der Waals surface area (Å²) in [5, 5.41) is 0.202. The first-order chi connectivity index (χ1) is 7.16. The lowest BCUT2D eigenvalue weighted by atomic mass is 10.1. The fourth-order valence-corrected chi connectivity index (χ4v) is 1.55. The number of rotatable bonds is 1. The zero-order valence-corrected chi connectivity index (χ0v) is 8.79. The van der Waals surface area contributed by atoms with Gasteiger partial charge in [0, 0.05) is 11.8 Å². The van der Waals surface area contributed by atoms with Crippen LogP contribution in [0.2, 0.25) is 5.28 Å². The predicted molar refractivity (Wildman–Crippen MR) is 57.2 cm³/mol. The Bertz CT molecular complexity index is 500. The van der Waals surface area contributed by atoms with Gasteiger partial charge in [-0.1, -0.05) is 12.1 Å². The molecule has 76 valence electrons. The molecule has 0 saturated heterocycles. The average molecular weight is 223 g/mol. The van der Waals surface area contributed by atoms with Crippen molar-refractivity contribution in [3.8, 4) is 11.1 Å². The molecule has 0 aliphatic heterocycles. The number of nitrogens with zero attached hydrogens (tertiary/aromatic N) is 2. The van der Waals surface area contributed by atoms with Crippen molar-refractivity contribution >= 4 is 11.6 Å². The summed E-state index contributed by atoms with van der Waals surface area (Å²) in [6.07, 6.45) is 1.60. The maximum Gasteiger partial charge on any atom is 0.222 e. The molecule has 2 nitrogen and oxygen atoms in total. The normalized spacial score (nSPS) is 10.3. The molecule has 0 bridgehead atoms. The van der Waals surface area contributed by atoms with E-state index in [2.05, 4.69) is 9.97 Å². The largest absolute Gasteiger partial charge is 0.226 e. The molecule has 1 heterocycles. The Morgan fingerprint density at radius 1 is 1.33 bits per heavy atom. The maximum absolute atomic E-state index is 13.0. The van der Waals surface area contributed by atoms with E-state index in [0.717, 1.165) is 16.8 Å². The zero-order valence-electron chi connectivity index (χ0n) is 8.04. The van der Waals surface area contributed by atoms with Crippen molar-refractivity contribution in [1.82, 2.24) is 9.97 Å². The molecular formula is C11H8ClFN2. The van der Waals surface area contributed by atoms with Crippen LogP contribution in [0, 0.1) is 12.7 Å². The molecule has 0 radical (unpaired) electrons. The van der Waals surface area contributed by atoms with E-state index >= 15 is 0 Å². The average Bonchev–Trinajstić information content (AvgIpc) is 2.17. The SMILES string of the molecule is Cc1nc(Cl)ncc1-c1cccc(F)c1. The Balaban J connectivity index is 2.54. The van der Waals surface area contributed by atoms with E-state index in [1.165, 1.54) is 12.1 Å². The van der Waals surface area contributed by atoms with Crippen LogP contribution in [-0.2, 0) is 0 Å². The summed E-state index contributed by atoms with van der Waals surface area (Å²) >= 11 is 5.64.